The highest BCUT2D eigenvalue weighted by Gasteiger charge is 2.30. The molecule has 3 aromatic rings. The molecular weight excluding hydrogens is 381 g/mol. The van der Waals surface area contributed by atoms with Crippen molar-refractivity contribution in [3.05, 3.63) is 81.7 Å². The van der Waals surface area contributed by atoms with Crippen LogP contribution in [0.25, 0.3) is 10.9 Å². The Labute approximate surface area is 174 Å². The summed E-state index contributed by atoms with van der Waals surface area (Å²) in [6.07, 6.45) is 6.27. The third kappa shape index (κ3) is 3.26. The number of carbonyl (C=O) groups excluding carboxylic acids is 1. The number of benzene rings is 1. The lowest BCUT2D eigenvalue weighted by Gasteiger charge is -2.33. The number of allylic oxidation sites excluding steroid dienone is 1. The van der Waals surface area contributed by atoms with Crippen molar-refractivity contribution in [1.82, 2.24) is 14.5 Å². The van der Waals surface area contributed by atoms with E-state index >= 15 is 0 Å². The van der Waals surface area contributed by atoms with E-state index in [4.69, 9.17) is 0 Å². The van der Waals surface area contributed by atoms with Gasteiger partial charge in [-0.05, 0) is 48.9 Å². The van der Waals surface area contributed by atoms with E-state index < -0.39 is 0 Å². The minimum atomic E-state index is -0.210. The number of aromatic amines is 1. The van der Waals surface area contributed by atoms with E-state index in [0.717, 1.165) is 30.5 Å². The molecule has 1 aliphatic rings. The van der Waals surface area contributed by atoms with Crippen LogP contribution >= 0.6 is 0 Å². The molecular formula is C24H26FN3O2. The number of H-pyrrole nitrogens is 1. The topological polar surface area (TPSA) is 58.1 Å². The number of hydrogen-bond acceptors (Lipinski definition) is 2. The highest BCUT2D eigenvalue weighted by atomic mass is 19.1. The first-order valence-electron chi connectivity index (χ1n) is 10.4. The molecule has 1 aliphatic carbocycles. The lowest BCUT2D eigenvalue weighted by atomic mass is 9.86. The molecule has 5 nitrogen and oxygen atoms in total. The Morgan fingerprint density at radius 2 is 2.23 bits per heavy atom. The van der Waals surface area contributed by atoms with Crippen LogP contribution in [-0.4, -0.2) is 27.4 Å². The summed E-state index contributed by atoms with van der Waals surface area (Å²) < 4.78 is 15.8. The summed E-state index contributed by atoms with van der Waals surface area (Å²) in [6, 6.07) is 6.77. The summed E-state index contributed by atoms with van der Waals surface area (Å²) in [6.45, 7) is 6.02. The van der Waals surface area contributed by atoms with Gasteiger partial charge in [0.2, 0.25) is 0 Å². The van der Waals surface area contributed by atoms with Crippen molar-refractivity contribution in [1.29, 1.82) is 0 Å². The molecule has 0 spiro atoms. The van der Waals surface area contributed by atoms with Crippen LogP contribution in [0, 0.1) is 5.82 Å². The number of pyridine rings is 1. The van der Waals surface area contributed by atoms with Gasteiger partial charge in [-0.15, -0.1) is 6.58 Å². The molecule has 4 rings (SSSR count). The first kappa shape index (κ1) is 20.1. The predicted octanol–water partition coefficient (Wildman–Crippen LogP) is 4.37. The minimum Gasteiger partial charge on any atom is -0.354 e. The SMILES string of the molecule is C=CCn1cc(C(=O)N(C)C2CCCc3c(F)cccc32)c2cc(CC)[nH]c2c1=O. The summed E-state index contributed by atoms with van der Waals surface area (Å²) in [5.74, 6) is -0.389. The number of nitrogens with zero attached hydrogens (tertiary/aromatic N) is 2. The van der Waals surface area contributed by atoms with E-state index in [1.165, 1.54) is 10.6 Å². The van der Waals surface area contributed by atoms with Crippen molar-refractivity contribution in [3.8, 4) is 0 Å². The zero-order valence-electron chi connectivity index (χ0n) is 17.4. The maximum absolute atomic E-state index is 14.3. The molecule has 1 unspecified atom stereocenters. The molecule has 0 aliphatic heterocycles. The second kappa shape index (κ2) is 7.94. The fourth-order valence-corrected chi connectivity index (χ4v) is 4.47. The lowest BCUT2D eigenvalue weighted by molar-refractivity contribution is 0.0715. The van der Waals surface area contributed by atoms with Crippen molar-refractivity contribution in [2.24, 2.45) is 0 Å². The molecule has 0 radical (unpaired) electrons. The molecule has 156 valence electrons. The molecule has 1 aromatic carbocycles. The highest BCUT2D eigenvalue weighted by Crippen LogP contribution is 2.36. The molecule has 2 heterocycles. The Morgan fingerprint density at radius 3 is 2.97 bits per heavy atom. The van der Waals surface area contributed by atoms with Crippen molar-refractivity contribution in [3.63, 3.8) is 0 Å². The van der Waals surface area contributed by atoms with Crippen LogP contribution in [-0.2, 0) is 19.4 Å². The van der Waals surface area contributed by atoms with Gasteiger partial charge in [-0.1, -0.05) is 25.1 Å². The quantitative estimate of drug-likeness (QED) is 0.639. The Hall–Kier alpha value is -3.15. The average molecular weight is 407 g/mol. The van der Waals surface area contributed by atoms with Crippen molar-refractivity contribution >= 4 is 16.8 Å². The summed E-state index contributed by atoms with van der Waals surface area (Å²) in [7, 11) is 1.76. The predicted molar refractivity (Wildman–Crippen MR) is 116 cm³/mol. The van der Waals surface area contributed by atoms with Gasteiger partial charge in [0.05, 0.1) is 11.6 Å². The number of amides is 1. The highest BCUT2D eigenvalue weighted by molar-refractivity contribution is 6.06. The number of rotatable bonds is 5. The van der Waals surface area contributed by atoms with Gasteiger partial charge in [0, 0.05) is 30.9 Å². The van der Waals surface area contributed by atoms with Gasteiger partial charge in [-0.3, -0.25) is 9.59 Å². The third-order valence-electron chi connectivity index (χ3n) is 6.07. The van der Waals surface area contributed by atoms with Crippen molar-refractivity contribution < 1.29 is 9.18 Å². The zero-order valence-corrected chi connectivity index (χ0v) is 17.4. The number of fused-ring (bicyclic) bond motifs is 2. The van der Waals surface area contributed by atoms with Gasteiger partial charge >= 0.3 is 0 Å². The standard InChI is InChI=1S/C24H26FN3O2/c1-4-12-28-14-19(18-13-15(5-2)26-22(18)24(28)30)23(29)27(3)21-11-7-8-16-17(21)9-6-10-20(16)25/h4,6,9-10,13-14,21,26H,1,5,7-8,11-12H2,2-3H3. The van der Waals surface area contributed by atoms with Crippen LogP contribution in [0.15, 0.2) is 47.9 Å². The van der Waals surface area contributed by atoms with Crippen LogP contribution in [0.1, 0.15) is 53.0 Å². The fraction of sp³-hybridized carbons (Fsp3) is 0.333. The van der Waals surface area contributed by atoms with Crippen LogP contribution in [0.2, 0.25) is 0 Å². The minimum absolute atomic E-state index is 0.172. The zero-order chi connectivity index (χ0) is 21.4. The Balaban J connectivity index is 1.81. The molecule has 0 bridgehead atoms. The van der Waals surface area contributed by atoms with E-state index in [2.05, 4.69) is 11.6 Å². The normalized spacial score (nSPS) is 15.8. The second-order valence-electron chi connectivity index (χ2n) is 7.86. The largest absolute Gasteiger partial charge is 0.354 e. The van der Waals surface area contributed by atoms with Gasteiger partial charge < -0.3 is 14.5 Å². The van der Waals surface area contributed by atoms with Gasteiger partial charge in [-0.25, -0.2) is 4.39 Å². The van der Waals surface area contributed by atoms with Crippen LogP contribution in [0.4, 0.5) is 4.39 Å². The number of hydrogen-bond donors (Lipinski definition) is 1. The van der Waals surface area contributed by atoms with Gasteiger partial charge in [0.15, 0.2) is 0 Å². The Kier molecular flexibility index (Phi) is 5.33. The van der Waals surface area contributed by atoms with E-state index in [1.807, 2.05) is 19.1 Å². The number of aromatic nitrogens is 2. The molecule has 0 saturated carbocycles. The number of carbonyl (C=O) groups is 1. The first-order chi connectivity index (χ1) is 14.5. The lowest BCUT2D eigenvalue weighted by Crippen LogP contribution is -2.34. The number of aryl methyl sites for hydroxylation is 1. The fourth-order valence-electron chi connectivity index (χ4n) is 4.47. The van der Waals surface area contributed by atoms with Crippen LogP contribution in [0.3, 0.4) is 0 Å². The maximum atomic E-state index is 14.3. The molecule has 1 N–H and O–H groups in total. The Morgan fingerprint density at radius 1 is 1.43 bits per heavy atom. The second-order valence-corrected chi connectivity index (χ2v) is 7.86. The smallest absolute Gasteiger partial charge is 0.275 e. The van der Waals surface area contributed by atoms with Crippen LogP contribution < -0.4 is 5.56 Å². The summed E-state index contributed by atoms with van der Waals surface area (Å²) in [4.78, 5) is 31.3. The molecule has 2 aromatic heterocycles. The summed E-state index contributed by atoms with van der Waals surface area (Å²) in [5.41, 5.74) is 3.20. The summed E-state index contributed by atoms with van der Waals surface area (Å²) in [5, 5.41) is 0.629. The molecule has 1 atom stereocenters. The van der Waals surface area contributed by atoms with Gasteiger partial charge in [0.1, 0.15) is 11.3 Å². The maximum Gasteiger partial charge on any atom is 0.275 e. The summed E-state index contributed by atoms with van der Waals surface area (Å²) >= 11 is 0. The first-order valence-corrected chi connectivity index (χ1v) is 10.4. The van der Waals surface area contributed by atoms with E-state index in [9.17, 15) is 14.0 Å². The monoisotopic (exact) mass is 407 g/mol. The molecule has 6 heteroatoms. The van der Waals surface area contributed by atoms with Gasteiger partial charge in [-0.2, -0.15) is 0 Å². The van der Waals surface area contributed by atoms with Crippen molar-refractivity contribution in [2.45, 2.75) is 45.2 Å². The molecule has 0 fully saturated rings. The van der Waals surface area contributed by atoms with E-state index in [0.29, 0.717) is 35.0 Å². The number of nitrogens with one attached hydrogen (secondary N) is 1. The van der Waals surface area contributed by atoms with E-state index in [1.54, 1.807) is 30.3 Å². The molecule has 0 saturated heterocycles. The molecule has 1 amide bonds. The average Bonchev–Trinajstić information content (AvgIpc) is 3.20. The van der Waals surface area contributed by atoms with Gasteiger partial charge in [0.25, 0.3) is 11.5 Å². The molecule has 30 heavy (non-hydrogen) atoms. The third-order valence-corrected chi connectivity index (χ3v) is 6.07. The van der Waals surface area contributed by atoms with E-state index in [-0.39, 0.29) is 23.3 Å². The van der Waals surface area contributed by atoms with Crippen molar-refractivity contribution in [2.75, 3.05) is 7.05 Å². The van der Waals surface area contributed by atoms with Crippen LogP contribution in [0.5, 0.6) is 0 Å². The number of halogens is 1. The Bertz CT molecular complexity index is 1190.